The number of benzene rings is 2. The van der Waals surface area contributed by atoms with Crippen LogP contribution in [0.5, 0.6) is 0 Å². The standard InChI is InChI=1S/C22H22F2N2O2/c23-22(24)10-19(22)15-3-1-2-14(8-15)12-26-6-7-28-20(13-26)16-4-5-18-17(9-16)11-25-21(18)27/h1-5,8-9,19-20H,6-7,10-13H2,(H,25,27). The van der Waals surface area contributed by atoms with Gasteiger partial charge in [-0.05, 0) is 28.3 Å². The fourth-order valence-corrected chi connectivity index (χ4v) is 4.24. The van der Waals surface area contributed by atoms with Gasteiger partial charge in [0.2, 0.25) is 0 Å². The Morgan fingerprint density at radius 3 is 2.86 bits per heavy atom. The summed E-state index contributed by atoms with van der Waals surface area (Å²) in [5, 5.41) is 2.84. The van der Waals surface area contributed by atoms with Crippen molar-refractivity contribution in [3.63, 3.8) is 0 Å². The lowest BCUT2D eigenvalue weighted by Crippen LogP contribution is -2.37. The van der Waals surface area contributed by atoms with Gasteiger partial charge in [-0.1, -0.05) is 36.4 Å². The zero-order chi connectivity index (χ0) is 19.3. The molecule has 2 aliphatic heterocycles. The average Bonchev–Trinajstić information content (AvgIpc) is 3.18. The quantitative estimate of drug-likeness (QED) is 0.875. The molecule has 4 nitrogen and oxygen atoms in total. The van der Waals surface area contributed by atoms with Gasteiger partial charge in [-0.15, -0.1) is 0 Å². The molecule has 0 bridgehead atoms. The third-order valence-electron chi connectivity index (χ3n) is 5.92. The van der Waals surface area contributed by atoms with Gasteiger partial charge in [-0.2, -0.15) is 0 Å². The largest absolute Gasteiger partial charge is 0.371 e. The minimum Gasteiger partial charge on any atom is -0.371 e. The molecule has 2 unspecified atom stereocenters. The van der Waals surface area contributed by atoms with E-state index in [2.05, 4.69) is 16.3 Å². The number of nitrogens with one attached hydrogen (secondary N) is 1. The van der Waals surface area contributed by atoms with Crippen molar-refractivity contribution in [2.24, 2.45) is 0 Å². The Morgan fingerprint density at radius 1 is 1.18 bits per heavy atom. The molecule has 146 valence electrons. The van der Waals surface area contributed by atoms with E-state index in [-0.39, 0.29) is 18.4 Å². The third-order valence-corrected chi connectivity index (χ3v) is 5.92. The lowest BCUT2D eigenvalue weighted by atomic mass is 10.0. The summed E-state index contributed by atoms with van der Waals surface area (Å²) in [6.45, 7) is 3.46. The molecule has 1 aliphatic carbocycles. The second kappa shape index (κ2) is 6.64. The minimum absolute atomic E-state index is 0.0196. The van der Waals surface area contributed by atoms with E-state index in [0.717, 1.165) is 47.5 Å². The van der Waals surface area contributed by atoms with E-state index in [0.29, 0.717) is 13.2 Å². The highest BCUT2D eigenvalue weighted by Gasteiger charge is 2.57. The smallest absolute Gasteiger partial charge is 0.255 e. The van der Waals surface area contributed by atoms with Gasteiger partial charge in [0.25, 0.3) is 11.8 Å². The first kappa shape index (κ1) is 17.8. The van der Waals surface area contributed by atoms with Gasteiger partial charge in [0.1, 0.15) is 0 Å². The van der Waals surface area contributed by atoms with Crippen molar-refractivity contribution in [2.45, 2.75) is 37.5 Å². The normalized spacial score (nSPS) is 26.0. The Balaban J connectivity index is 1.28. The van der Waals surface area contributed by atoms with E-state index in [1.165, 1.54) is 0 Å². The molecule has 1 saturated carbocycles. The number of rotatable bonds is 4. The maximum Gasteiger partial charge on any atom is 0.255 e. The van der Waals surface area contributed by atoms with E-state index >= 15 is 0 Å². The van der Waals surface area contributed by atoms with Crippen LogP contribution in [0.25, 0.3) is 0 Å². The molecule has 1 amide bonds. The highest BCUT2D eigenvalue weighted by molar-refractivity contribution is 5.98. The molecular formula is C22H22F2N2O2. The first-order valence-electron chi connectivity index (χ1n) is 9.71. The van der Waals surface area contributed by atoms with Crippen LogP contribution in [-0.2, 0) is 17.8 Å². The van der Waals surface area contributed by atoms with Gasteiger partial charge in [-0.3, -0.25) is 9.69 Å². The monoisotopic (exact) mass is 384 g/mol. The molecule has 6 heteroatoms. The van der Waals surface area contributed by atoms with Crippen LogP contribution in [0.1, 0.15) is 51.1 Å². The molecule has 0 spiro atoms. The third kappa shape index (κ3) is 3.31. The number of nitrogens with zero attached hydrogens (tertiary/aromatic N) is 1. The molecule has 28 heavy (non-hydrogen) atoms. The maximum absolute atomic E-state index is 13.4. The SMILES string of the molecule is O=C1NCc2cc(C3CN(Cc4cccc(C5CC5(F)F)c4)CCO3)ccc21. The van der Waals surface area contributed by atoms with E-state index in [9.17, 15) is 13.6 Å². The number of hydrogen-bond donors (Lipinski definition) is 1. The van der Waals surface area contributed by atoms with Crippen LogP contribution in [0.15, 0.2) is 42.5 Å². The Morgan fingerprint density at radius 2 is 2.04 bits per heavy atom. The number of morpholine rings is 1. The highest BCUT2D eigenvalue weighted by atomic mass is 19.3. The average molecular weight is 384 g/mol. The first-order chi connectivity index (χ1) is 13.5. The van der Waals surface area contributed by atoms with Crippen molar-refractivity contribution in [3.05, 3.63) is 70.3 Å². The maximum atomic E-state index is 13.4. The lowest BCUT2D eigenvalue weighted by molar-refractivity contribution is -0.0329. The number of ether oxygens (including phenoxy) is 1. The summed E-state index contributed by atoms with van der Waals surface area (Å²) in [6.07, 6.45) is -0.0862. The Labute approximate surface area is 162 Å². The van der Waals surface area contributed by atoms with Gasteiger partial charge >= 0.3 is 0 Å². The summed E-state index contributed by atoms with van der Waals surface area (Å²) in [7, 11) is 0. The van der Waals surface area contributed by atoms with Gasteiger partial charge in [-0.25, -0.2) is 8.78 Å². The summed E-state index contributed by atoms with van der Waals surface area (Å²) in [4.78, 5) is 14.0. The van der Waals surface area contributed by atoms with Gasteiger partial charge in [0.05, 0.1) is 18.6 Å². The molecule has 2 fully saturated rings. The number of carbonyl (C=O) groups excluding carboxylic acids is 1. The van der Waals surface area contributed by atoms with Crippen LogP contribution in [-0.4, -0.2) is 36.4 Å². The molecule has 1 N–H and O–H groups in total. The van der Waals surface area contributed by atoms with Crippen LogP contribution in [0, 0.1) is 0 Å². The number of alkyl halides is 2. The van der Waals surface area contributed by atoms with Crippen LogP contribution < -0.4 is 5.32 Å². The molecule has 0 aromatic heterocycles. The molecule has 2 heterocycles. The molecular weight excluding hydrogens is 362 g/mol. The van der Waals surface area contributed by atoms with Crippen LogP contribution >= 0.6 is 0 Å². The topological polar surface area (TPSA) is 41.6 Å². The summed E-state index contributed by atoms with van der Waals surface area (Å²) < 4.78 is 32.7. The minimum atomic E-state index is -2.54. The predicted molar refractivity (Wildman–Crippen MR) is 100 cm³/mol. The van der Waals surface area contributed by atoms with Crippen LogP contribution in [0.4, 0.5) is 8.78 Å². The van der Waals surface area contributed by atoms with Crippen molar-refractivity contribution in [1.82, 2.24) is 10.2 Å². The molecule has 0 radical (unpaired) electrons. The van der Waals surface area contributed by atoms with E-state index in [1.807, 2.05) is 30.3 Å². The van der Waals surface area contributed by atoms with Gasteiger partial charge < -0.3 is 10.1 Å². The van der Waals surface area contributed by atoms with Gasteiger partial charge in [0, 0.05) is 38.2 Å². The fourth-order valence-electron chi connectivity index (χ4n) is 4.24. The summed E-state index contributed by atoms with van der Waals surface area (Å²) >= 11 is 0. The van der Waals surface area contributed by atoms with Crippen molar-refractivity contribution >= 4 is 5.91 Å². The Kier molecular flexibility index (Phi) is 4.21. The van der Waals surface area contributed by atoms with Crippen molar-refractivity contribution in [3.8, 4) is 0 Å². The van der Waals surface area contributed by atoms with Crippen molar-refractivity contribution in [2.75, 3.05) is 19.7 Å². The van der Waals surface area contributed by atoms with Crippen LogP contribution in [0.2, 0.25) is 0 Å². The Hall–Kier alpha value is -2.31. The highest BCUT2D eigenvalue weighted by Crippen LogP contribution is 2.55. The lowest BCUT2D eigenvalue weighted by Gasteiger charge is -2.33. The molecule has 1 saturated heterocycles. The predicted octanol–water partition coefficient (Wildman–Crippen LogP) is 3.63. The summed E-state index contributed by atoms with van der Waals surface area (Å²) in [6, 6.07) is 13.5. The first-order valence-corrected chi connectivity index (χ1v) is 9.71. The molecule has 5 rings (SSSR count). The molecule has 3 aliphatic rings. The van der Waals surface area contributed by atoms with Crippen molar-refractivity contribution < 1.29 is 18.3 Å². The summed E-state index contributed by atoms with van der Waals surface area (Å²) in [5.41, 5.74) is 4.63. The number of halogens is 2. The Bertz CT molecular complexity index is 931. The van der Waals surface area contributed by atoms with E-state index < -0.39 is 11.8 Å². The molecule has 2 atom stereocenters. The number of fused-ring (bicyclic) bond motifs is 1. The number of amides is 1. The van der Waals surface area contributed by atoms with Crippen molar-refractivity contribution in [1.29, 1.82) is 0 Å². The molecule has 2 aromatic carbocycles. The number of carbonyl (C=O) groups is 1. The molecule has 2 aromatic rings. The second-order valence-electron chi connectivity index (χ2n) is 7.96. The van der Waals surface area contributed by atoms with Gasteiger partial charge in [0.15, 0.2) is 0 Å². The summed E-state index contributed by atoms with van der Waals surface area (Å²) in [5.74, 6) is -3.17. The van der Waals surface area contributed by atoms with Crippen LogP contribution in [0.3, 0.4) is 0 Å². The van der Waals surface area contributed by atoms with E-state index in [4.69, 9.17) is 4.74 Å². The zero-order valence-electron chi connectivity index (χ0n) is 15.5. The fraction of sp³-hybridized carbons (Fsp3) is 0.409. The zero-order valence-corrected chi connectivity index (χ0v) is 15.5. The van der Waals surface area contributed by atoms with E-state index in [1.54, 1.807) is 6.07 Å². The second-order valence-corrected chi connectivity index (χ2v) is 7.96. The number of hydrogen-bond acceptors (Lipinski definition) is 3.